The van der Waals surface area contributed by atoms with Crippen molar-refractivity contribution >= 4 is 18.3 Å². The van der Waals surface area contributed by atoms with Crippen LogP contribution in [0.2, 0.25) is 0 Å². The van der Waals surface area contributed by atoms with E-state index >= 15 is 0 Å². The van der Waals surface area contributed by atoms with Crippen molar-refractivity contribution in [3.05, 3.63) is 29.3 Å². The van der Waals surface area contributed by atoms with E-state index in [4.69, 9.17) is 4.74 Å². The molecule has 1 unspecified atom stereocenters. The summed E-state index contributed by atoms with van der Waals surface area (Å²) in [5, 5.41) is 6.36. The lowest BCUT2D eigenvalue weighted by atomic mass is 9.99. The largest absolute Gasteiger partial charge is 0.493 e. The number of hydrogen-bond acceptors (Lipinski definition) is 3. The molecule has 2 aliphatic rings. The van der Waals surface area contributed by atoms with Gasteiger partial charge in [-0.15, -0.1) is 12.4 Å². The van der Waals surface area contributed by atoms with Crippen molar-refractivity contribution in [3.8, 4) is 5.75 Å². The molecule has 3 rings (SSSR count). The van der Waals surface area contributed by atoms with Gasteiger partial charge < -0.3 is 15.4 Å². The summed E-state index contributed by atoms with van der Waals surface area (Å²) in [5.41, 5.74) is 2.26. The number of benzene rings is 1. The molecule has 2 N–H and O–H groups in total. The second kappa shape index (κ2) is 8.55. The topological polar surface area (TPSA) is 50.4 Å². The van der Waals surface area contributed by atoms with Crippen molar-refractivity contribution in [3.63, 3.8) is 0 Å². The summed E-state index contributed by atoms with van der Waals surface area (Å²) >= 11 is 0. The van der Waals surface area contributed by atoms with E-state index in [1.807, 2.05) is 0 Å². The van der Waals surface area contributed by atoms with Crippen LogP contribution in [0.25, 0.3) is 0 Å². The van der Waals surface area contributed by atoms with Crippen molar-refractivity contribution in [2.75, 3.05) is 19.7 Å². The van der Waals surface area contributed by atoms with Crippen LogP contribution in [0.3, 0.4) is 0 Å². The maximum Gasteiger partial charge on any atom is 0.224 e. The van der Waals surface area contributed by atoms with Crippen molar-refractivity contribution in [2.24, 2.45) is 11.8 Å². The number of ether oxygens (including phenoxy) is 1. The molecule has 5 heteroatoms. The van der Waals surface area contributed by atoms with Gasteiger partial charge in [0.2, 0.25) is 5.91 Å². The zero-order valence-electron chi connectivity index (χ0n) is 13.8. The Morgan fingerprint density at radius 1 is 1.35 bits per heavy atom. The van der Waals surface area contributed by atoms with E-state index in [1.165, 1.54) is 18.4 Å². The maximum atomic E-state index is 12.2. The van der Waals surface area contributed by atoms with Crippen LogP contribution in [0.15, 0.2) is 18.2 Å². The average Bonchev–Trinajstić information content (AvgIpc) is 3.37. The van der Waals surface area contributed by atoms with E-state index in [9.17, 15) is 4.79 Å². The normalized spacial score (nSPS) is 20.5. The summed E-state index contributed by atoms with van der Waals surface area (Å²) in [6.07, 6.45) is 4.63. The zero-order valence-corrected chi connectivity index (χ0v) is 14.6. The fourth-order valence-electron chi connectivity index (χ4n) is 2.84. The van der Waals surface area contributed by atoms with Gasteiger partial charge in [0.15, 0.2) is 0 Å². The molecule has 1 saturated carbocycles. The first kappa shape index (κ1) is 18.1. The summed E-state index contributed by atoms with van der Waals surface area (Å²) < 4.78 is 5.96. The molecule has 4 nitrogen and oxygen atoms in total. The predicted octanol–water partition coefficient (Wildman–Crippen LogP) is 2.82. The number of carbonyl (C=O) groups is 1. The van der Waals surface area contributed by atoms with Crippen LogP contribution in [0.1, 0.15) is 36.8 Å². The lowest BCUT2D eigenvalue weighted by Gasteiger charge is -2.22. The zero-order chi connectivity index (χ0) is 15.4. The first-order valence-electron chi connectivity index (χ1n) is 8.43. The minimum absolute atomic E-state index is 0. The van der Waals surface area contributed by atoms with Gasteiger partial charge in [0, 0.05) is 18.7 Å². The van der Waals surface area contributed by atoms with Crippen molar-refractivity contribution in [1.29, 1.82) is 0 Å². The molecule has 0 radical (unpaired) electrons. The molecule has 1 amide bonds. The van der Waals surface area contributed by atoms with Gasteiger partial charge in [-0.1, -0.05) is 12.1 Å². The van der Waals surface area contributed by atoms with Crippen molar-refractivity contribution < 1.29 is 9.53 Å². The highest BCUT2D eigenvalue weighted by Gasteiger charge is 2.23. The number of halogens is 1. The minimum atomic E-state index is 0. The number of amides is 1. The van der Waals surface area contributed by atoms with E-state index in [-0.39, 0.29) is 24.2 Å². The van der Waals surface area contributed by atoms with Gasteiger partial charge in [0.1, 0.15) is 5.75 Å². The molecule has 1 aromatic rings. The van der Waals surface area contributed by atoms with Gasteiger partial charge in [0.05, 0.1) is 12.5 Å². The number of hydrogen-bond donors (Lipinski definition) is 2. The van der Waals surface area contributed by atoms with E-state index < -0.39 is 0 Å². The second-order valence-corrected chi connectivity index (χ2v) is 6.63. The van der Waals surface area contributed by atoms with Gasteiger partial charge in [-0.25, -0.2) is 0 Å². The molecule has 0 aromatic heterocycles. The smallest absolute Gasteiger partial charge is 0.224 e. The lowest BCUT2D eigenvalue weighted by Crippen LogP contribution is -2.40. The van der Waals surface area contributed by atoms with Crippen LogP contribution in [0.5, 0.6) is 5.75 Å². The fraction of sp³-hybridized carbons (Fsp3) is 0.611. The van der Waals surface area contributed by atoms with Crippen LogP contribution in [0, 0.1) is 18.8 Å². The number of carbonyl (C=O) groups excluding carboxylic acids is 1. The predicted molar refractivity (Wildman–Crippen MR) is 94.1 cm³/mol. The quantitative estimate of drug-likeness (QED) is 0.838. The first-order valence-corrected chi connectivity index (χ1v) is 8.43. The Labute approximate surface area is 144 Å². The summed E-state index contributed by atoms with van der Waals surface area (Å²) in [6.45, 7) is 5.25. The van der Waals surface area contributed by atoms with Crippen LogP contribution < -0.4 is 15.4 Å². The molecule has 1 aromatic carbocycles. The van der Waals surface area contributed by atoms with E-state index in [0.29, 0.717) is 6.54 Å². The SMILES string of the molecule is Cc1ccc(CNC(=O)C2CCCNC2)c(OCC2CC2)c1.Cl. The summed E-state index contributed by atoms with van der Waals surface area (Å²) in [7, 11) is 0. The molecule has 1 aliphatic carbocycles. The molecule has 128 valence electrons. The highest BCUT2D eigenvalue weighted by atomic mass is 35.5. The second-order valence-electron chi connectivity index (χ2n) is 6.63. The Morgan fingerprint density at radius 2 is 2.17 bits per heavy atom. The Hall–Kier alpha value is -1.26. The van der Waals surface area contributed by atoms with Gasteiger partial charge in [-0.3, -0.25) is 4.79 Å². The van der Waals surface area contributed by atoms with Gasteiger partial charge in [0.25, 0.3) is 0 Å². The summed E-state index contributed by atoms with van der Waals surface area (Å²) in [5.74, 6) is 1.92. The monoisotopic (exact) mass is 338 g/mol. The number of nitrogens with one attached hydrogen (secondary N) is 2. The number of piperidine rings is 1. The molecule has 1 aliphatic heterocycles. The Kier molecular flexibility index (Phi) is 6.72. The fourth-order valence-corrected chi connectivity index (χ4v) is 2.84. The van der Waals surface area contributed by atoms with Gasteiger partial charge in [-0.05, 0) is 56.7 Å². The molecule has 1 atom stereocenters. The molecule has 0 bridgehead atoms. The van der Waals surface area contributed by atoms with Crippen molar-refractivity contribution in [2.45, 2.75) is 39.2 Å². The molecule has 0 spiro atoms. The third kappa shape index (κ3) is 5.40. The van der Waals surface area contributed by atoms with Gasteiger partial charge >= 0.3 is 0 Å². The van der Waals surface area contributed by atoms with Gasteiger partial charge in [-0.2, -0.15) is 0 Å². The molecule has 2 fully saturated rings. The standard InChI is InChI=1S/C18H26N2O2.ClH/c1-13-4-7-15(17(9-13)22-12-14-5-6-14)11-20-18(21)16-3-2-8-19-10-16;/h4,7,9,14,16,19H,2-3,5-6,8,10-12H2,1H3,(H,20,21);1H. The molecular formula is C18H27ClN2O2. The number of aryl methyl sites for hydroxylation is 1. The number of rotatable bonds is 6. The van der Waals surface area contributed by atoms with Crippen molar-refractivity contribution in [1.82, 2.24) is 10.6 Å². The van der Waals surface area contributed by atoms with Crippen LogP contribution in [0.4, 0.5) is 0 Å². The highest BCUT2D eigenvalue weighted by Crippen LogP contribution is 2.30. The summed E-state index contributed by atoms with van der Waals surface area (Å²) in [6, 6.07) is 6.22. The Balaban J connectivity index is 0.00000192. The van der Waals surface area contributed by atoms with E-state index in [0.717, 1.165) is 49.8 Å². The van der Waals surface area contributed by atoms with Crippen LogP contribution >= 0.6 is 12.4 Å². The lowest BCUT2D eigenvalue weighted by molar-refractivity contribution is -0.125. The summed E-state index contributed by atoms with van der Waals surface area (Å²) in [4.78, 5) is 12.2. The van der Waals surface area contributed by atoms with E-state index in [1.54, 1.807) is 0 Å². The maximum absolute atomic E-state index is 12.2. The Morgan fingerprint density at radius 3 is 2.87 bits per heavy atom. The molecule has 23 heavy (non-hydrogen) atoms. The highest BCUT2D eigenvalue weighted by molar-refractivity contribution is 5.85. The minimum Gasteiger partial charge on any atom is -0.493 e. The molecular weight excluding hydrogens is 312 g/mol. The van der Waals surface area contributed by atoms with Crippen LogP contribution in [-0.4, -0.2) is 25.6 Å². The third-order valence-corrected chi connectivity index (χ3v) is 4.51. The third-order valence-electron chi connectivity index (χ3n) is 4.51. The average molecular weight is 339 g/mol. The molecule has 1 heterocycles. The Bertz CT molecular complexity index is 526. The molecule has 1 saturated heterocycles. The van der Waals surface area contributed by atoms with Crippen LogP contribution in [-0.2, 0) is 11.3 Å². The van der Waals surface area contributed by atoms with E-state index in [2.05, 4.69) is 35.8 Å². The first-order chi connectivity index (χ1) is 10.7.